The van der Waals surface area contributed by atoms with E-state index in [0.29, 0.717) is 6.04 Å². The molecule has 1 N–H and O–H groups in total. The molecular weight excluding hydrogens is 164 g/mol. The predicted octanol–water partition coefficient (Wildman–Crippen LogP) is 0.459. The molecular formula is C10H20N2O. The van der Waals surface area contributed by atoms with Gasteiger partial charge in [0.1, 0.15) is 0 Å². The number of nitrogens with zero attached hydrogens (tertiary/aromatic N) is 1. The molecule has 2 atom stereocenters. The molecule has 76 valence electrons. The molecule has 2 fully saturated rings. The average Bonchev–Trinajstić information content (AvgIpc) is 2.19. The van der Waals surface area contributed by atoms with Crippen LogP contribution in [0.15, 0.2) is 0 Å². The second-order valence-electron chi connectivity index (χ2n) is 4.18. The molecule has 2 aliphatic heterocycles. The highest BCUT2D eigenvalue weighted by molar-refractivity contribution is 4.83. The van der Waals surface area contributed by atoms with Gasteiger partial charge in [-0.25, -0.2) is 0 Å². The molecule has 0 aromatic rings. The zero-order valence-electron chi connectivity index (χ0n) is 8.46. The van der Waals surface area contributed by atoms with E-state index in [9.17, 15) is 0 Å². The number of hydrogen-bond donors (Lipinski definition) is 1. The van der Waals surface area contributed by atoms with Crippen LogP contribution in [0, 0.1) is 0 Å². The van der Waals surface area contributed by atoms with Crippen molar-refractivity contribution in [1.82, 2.24) is 10.2 Å². The molecule has 3 heteroatoms. The van der Waals surface area contributed by atoms with E-state index in [1.165, 1.54) is 19.4 Å². The molecule has 13 heavy (non-hydrogen) atoms. The van der Waals surface area contributed by atoms with E-state index in [1.807, 2.05) is 0 Å². The summed E-state index contributed by atoms with van der Waals surface area (Å²) < 4.78 is 5.36. The summed E-state index contributed by atoms with van der Waals surface area (Å²) in [6.45, 7) is 7.60. The third-order valence-corrected chi connectivity index (χ3v) is 3.16. The lowest BCUT2D eigenvalue weighted by atomic mass is 9.99. The lowest BCUT2D eigenvalue weighted by Crippen LogP contribution is -2.50. The van der Waals surface area contributed by atoms with Crippen molar-refractivity contribution in [3.05, 3.63) is 0 Å². The Morgan fingerprint density at radius 1 is 1.31 bits per heavy atom. The fraction of sp³-hybridized carbons (Fsp3) is 1.00. The third kappa shape index (κ3) is 2.42. The summed E-state index contributed by atoms with van der Waals surface area (Å²) in [6.07, 6.45) is 2.62. The molecule has 0 saturated carbocycles. The highest BCUT2D eigenvalue weighted by Gasteiger charge is 2.25. The molecule has 0 aromatic carbocycles. The normalized spacial score (nSPS) is 37.6. The Hall–Kier alpha value is -0.120. The van der Waals surface area contributed by atoms with Gasteiger partial charge >= 0.3 is 0 Å². The number of ether oxygens (including phenoxy) is 1. The van der Waals surface area contributed by atoms with Gasteiger partial charge in [-0.15, -0.1) is 0 Å². The highest BCUT2D eigenvalue weighted by atomic mass is 16.5. The number of nitrogens with one attached hydrogen (secondary N) is 1. The van der Waals surface area contributed by atoms with Gasteiger partial charge in [0, 0.05) is 25.2 Å². The molecule has 0 aliphatic carbocycles. The van der Waals surface area contributed by atoms with Crippen LogP contribution in [0.2, 0.25) is 0 Å². The van der Waals surface area contributed by atoms with Crippen molar-refractivity contribution >= 4 is 0 Å². The number of piperidine rings is 1. The van der Waals surface area contributed by atoms with Gasteiger partial charge in [0.25, 0.3) is 0 Å². The van der Waals surface area contributed by atoms with Crippen molar-refractivity contribution in [1.29, 1.82) is 0 Å². The van der Waals surface area contributed by atoms with Crippen LogP contribution in [-0.2, 0) is 4.74 Å². The first kappa shape index (κ1) is 9.44. The lowest BCUT2D eigenvalue weighted by molar-refractivity contribution is 0.00702. The molecule has 0 radical (unpaired) electrons. The van der Waals surface area contributed by atoms with Gasteiger partial charge in [0.05, 0.1) is 13.2 Å². The SMILES string of the molecule is C[C@H]1CC(N2CCOCC2)CCN1. The summed E-state index contributed by atoms with van der Waals surface area (Å²) in [7, 11) is 0. The minimum absolute atomic E-state index is 0.696. The van der Waals surface area contributed by atoms with Gasteiger partial charge < -0.3 is 10.1 Å². The predicted molar refractivity (Wildman–Crippen MR) is 52.9 cm³/mol. The first-order chi connectivity index (χ1) is 6.36. The van der Waals surface area contributed by atoms with Crippen molar-refractivity contribution in [2.24, 2.45) is 0 Å². The quantitative estimate of drug-likeness (QED) is 0.641. The maximum atomic E-state index is 5.36. The first-order valence-electron chi connectivity index (χ1n) is 5.41. The average molecular weight is 184 g/mol. The molecule has 2 saturated heterocycles. The Morgan fingerprint density at radius 2 is 2.08 bits per heavy atom. The molecule has 2 aliphatic rings. The van der Waals surface area contributed by atoms with E-state index in [2.05, 4.69) is 17.1 Å². The fourth-order valence-electron chi connectivity index (χ4n) is 2.38. The Bertz CT molecular complexity index is 157. The van der Waals surface area contributed by atoms with Crippen LogP contribution in [-0.4, -0.2) is 49.8 Å². The van der Waals surface area contributed by atoms with E-state index in [0.717, 1.165) is 32.3 Å². The summed E-state index contributed by atoms with van der Waals surface area (Å²) in [4.78, 5) is 2.60. The van der Waals surface area contributed by atoms with Gasteiger partial charge in [0.15, 0.2) is 0 Å². The molecule has 1 unspecified atom stereocenters. The number of morpholine rings is 1. The van der Waals surface area contributed by atoms with Crippen molar-refractivity contribution < 1.29 is 4.74 Å². The summed E-state index contributed by atoms with van der Waals surface area (Å²) in [6, 6.07) is 1.50. The summed E-state index contributed by atoms with van der Waals surface area (Å²) in [5, 5.41) is 3.49. The summed E-state index contributed by atoms with van der Waals surface area (Å²) in [5.74, 6) is 0. The van der Waals surface area contributed by atoms with E-state index in [4.69, 9.17) is 4.74 Å². The molecule has 0 bridgehead atoms. The second-order valence-corrected chi connectivity index (χ2v) is 4.18. The maximum Gasteiger partial charge on any atom is 0.0594 e. The highest BCUT2D eigenvalue weighted by Crippen LogP contribution is 2.16. The van der Waals surface area contributed by atoms with Gasteiger partial charge in [-0.2, -0.15) is 0 Å². The van der Waals surface area contributed by atoms with Crippen LogP contribution in [0.4, 0.5) is 0 Å². The maximum absolute atomic E-state index is 5.36. The van der Waals surface area contributed by atoms with E-state index < -0.39 is 0 Å². The minimum atomic E-state index is 0.696. The Morgan fingerprint density at radius 3 is 2.77 bits per heavy atom. The smallest absolute Gasteiger partial charge is 0.0594 e. The fourth-order valence-corrected chi connectivity index (χ4v) is 2.38. The lowest BCUT2D eigenvalue weighted by Gasteiger charge is -2.38. The van der Waals surface area contributed by atoms with Crippen molar-refractivity contribution in [3.8, 4) is 0 Å². The van der Waals surface area contributed by atoms with Gasteiger partial charge in [0.2, 0.25) is 0 Å². The molecule has 2 rings (SSSR count). The van der Waals surface area contributed by atoms with Gasteiger partial charge in [-0.1, -0.05) is 0 Å². The van der Waals surface area contributed by atoms with E-state index in [-0.39, 0.29) is 0 Å². The summed E-state index contributed by atoms with van der Waals surface area (Å²) in [5.41, 5.74) is 0. The van der Waals surface area contributed by atoms with Gasteiger partial charge in [-0.3, -0.25) is 4.90 Å². The van der Waals surface area contributed by atoms with Crippen LogP contribution in [0.25, 0.3) is 0 Å². The van der Waals surface area contributed by atoms with Crippen molar-refractivity contribution in [3.63, 3.8) is 0 Å². The van der Waals surface area contributed by atoms with E-state index in [1.54, 1.807) is 0 Å². The Labute approximate surface area is 80.4 Å². The zero-order valence-corrected chi connectivity index (χ0v) is 8.46. The van der Waals surface area contributed by atoms with Crippen LogP contribution >= 0.6 is 0 Å². The van der Waals surface area contributed by atoms with Crippen LogP contribution in [0.5, 0.6) is 0 Å². The zero-order chi connectivity index (χ0) is 9.10. The molecule has 0 aromatic heterocycles. The molecule has 0 amide bonds. The number of hydrogen-bond acceptors (Lipinski definition) is 3. The Balaban J connectivity index is 1.83. The topological polar surface area (TPSA) is 24.5 Å². The monoisotopic (exact) mass is 184 g/mol. The largest absolute Gasteiger partial charge is 0.379 e. The van der Waals surface area contributed by atoms with Crippen molar-refractivity contribution in [2.45, 2.75) is 31.8 Å². The van der Waals surface area contributed by atoms with Crippen LogP contribution in [0.3, 0.4) is 0 Å². The number of rotatable bonds is 1. The third-order valence-electron chi connectivity index (χ3n) is 3.16. The molecule has 2 heterocycles. The van der Waals surface area contributed by atoms with Crippen LogP contribution < -0.4 is 5.32 Å². The molecule has 3 nitrogen and oxygen atoms in total. The minimum Gasteiger partial charge on any atom is -0.379 e. The van der Waals surface area contributed by atoms with E-state index >= 15 is 0 Å². The van der Waals surface area contributed by atoms with Gasteiger partial charge in [-0.05, 0) is 26.3 Å². The second kappa shape index (κ2) is 4.40. The summed E-state index contributed by atoms with van der Waals surface area (Å²) >= 11 is 0. The Kier molecular flexibility index (Phi) is 3.19. The standard InChI is InChI=1S/C10H20N2O/c1-9-8-10(2-3-11-9)12-4-6-13-7-5-12/h9-11H,2-8H2,1H3/t9-,10?/m0/s1. The van der Waals surface area contributed by atoms with Crippen LogP contribution in [0.1, 0.15) is 19.8 Å². The first-order valence-corrected chi connectivity index (χ1v) is 5.41. The molecule has 0 spiro atoms. The van der Waals surface area contributed by atoms with Crippen molar-refractivity contribution in [2.75, 3.05) is 32.8 Å².